The lowest BCUT2D eigenvalue weighted by atomic mass is 10.00. The fraction of sp³-hybridized carbons (Fsp3) is 0.0357. The molecule has 158 valence electrons. The van der Waals surface area contributed by atoms with Gasteiger partial charge in [-0.1, -0.05) is 66.7 Å². The van der Waals surface area contributed by atoms with Gasteiger partial charge in [0.25, 0.3) is 11.8 Å². The van der Waals surface area contributed by atoms with Crippen LogP contribution in [0.3, 0.4) is 0 Å². The number of benzene rings is 4. The number of rotatable bonds is 3. The van der Waals surface area contributed by atoms with Gasteiger partial charge in [-0.2, -0.15) is 0 Å². The van der Waals surface area contributed by atoms with Crippen molar-refractivity contribution in [3.8, 4) is 5.69 Å². The zero-order valence-corrected chi connectivity index (χ0v) is 17.8. The molecule has 0 unspecified atom stereocenters. The Balaban J connectivity index is 1.75. The summed E-state index contributed by atoms with van der Waals surface area (Å²) in [5.74, 6) is -0.765. The molecular formula is C28H18N2O3. The molecule has 0 saturated heterocycles. The van der Waals surface area contributed by atoms with Gasteiger partial charge in [-0.25, -0.2) is 0 Å². The molecule has 0 aliphatic carbocycles. The van der Waals surface area contributed by atoms with E-state index < -0.39 is 0 Å². The highest BCUT2D eigenvalue weighted by atomic mass is 16.2. The van der Waals surface area contributed by atoms with E-state index in [1.54, 1.807) is 24.3 Å². The molecule has 1 aromatic heterocycles. The second-order valence-corrected chi connectivity index (χ2v) is 8.12. The molecule has 5 heteroatoms. The van der Waals surface area contributed by atoms with Crippen LogP contribution in [0, 0.1) is 0 Å². The molecule has 0 bridgehead atoms. The average Bonchev–Trinajstić information content (AvgIpc) is 3.32. The maximum Gasteiger partial charge on any atom is 0.263 e. The molecule has 1 aliphatic rings. The van der Waals surface area contributed by atoms with Crippen molar-refractivity contribution in [2.75, 3.05) is 7.05 Å². The molecule has 2 heterocycles. The fourth-order valence-corrected chi connectivity index (χ4v) is 4.77. The molecule has 5 nitrogen and oxygen atoms in total. The van der Waals surface area contributed by atoms with E-state index in [-0.39, 0.29) is 17.6 Å². The first-order valence-corrected chi connectivity index (χ1v) is 10.7. The number of imide groups is 1. The van der Waals surface area contributed by atoms with Gasteiger partial charge in [0.05, 0.1) is 27.8 Å². The number of fused-ring (bicyclic) bond motifs is 4. The molecule has 5 aromatic rings. The zero-order chi connectivity index (χ0) is 22.7. The normalized spacial score (nSPS) is 13.2. The molecule has 0 N–H and O–H groups in total. The number of aromatic nitrogens is 1. The van der Waals surface area contributed by atoms with Crippen molar-refractivity contribution in [3.05, 3.63) is 113 Å². The van der Waals surface area contributed by atoms with Crippen molar-refractivity contribution in [1.82, 2.24) is 9.47 Å². The van der Waals surface area contributed by atoms with E-state index in [2.05, 4.69) is 0 Å². The summed E-state index contributed by atoms with van der Waals surface area (Å²) in [6, 6.07) is 28.0. The zero-order valence-electron chi connectivity index (χ0n) is 17.8. The Morgan fingerprint density at radius 1 is 0.697 bits per heavy atom. The molecule has 0 spiro atoms. The van der Waals surface area contributed by atoms with Crippen molar-refractivity contribution < 1.29 is 14.4 Å². The lowest BCUT2D eigenvalue weighted by molar-refractivity contribution is 0.0693. The smallest absolute Gasteiger partial charge is 0.263 e. The Kier molecular flexibility index (Phi) is 4.07. The Hall–Kier alpha value is -4.51. The van der Waals surface area contributed by atoms with Crippen LogP contribution in [-0.4, -0.2) is 34.1 Å². The highest BCUT2D eigenvalue weighted by Gasteiger charge is 2.36. The van der Waals surface area contributed by atoms with Gasteiger partial charge in [-0.3, -0.25) is 19.3 Å². The number of ketones is 1. The number of amides is 2. The third-order valence-electron chi connectivity index (χ3n) is 6.31. The lowest BCUT2D eigenvalue weighted by Crippen LogP contribution is -2.24. The van der Waals surface area contributed by atoms with E-state index >= 15 is 0 Å². The molecule has 4 aromatic carbocycles. The van der Waals surface area contributed by atoms with Crippen LogP contribution in [0.4, 0.5) is 0 Å². The van der Waals surface area contributed by atoms with Gasteiger partial charge in [-0.15, -0.1) is 0 Å². The van der Waals surface area contributed by atoms with E-state index in [1.807, 2.05) is 71.3 Å². The van der Waals surface area contributed by atoms with Crippen LogP contribution in [0.2, 0.25) is 0 Å². The molecule has 0 saturated carbocycles. The van der Waals surface area contributed by atoms with E-state index in [0.717, 1.165) is 26.7 Å². The predicted molar refractivity (Wildman–Crippen MR) is 127 cm³/mol. The van der Waals surface area contributed by atoms with E-state index in [0.29, 0.717) is 27.9 Å². The standard InChI is InChI=1S/C28H18N2O3/c1-29-27(32)20-13-8-16-23(24(20)28(29)33)30-22-15-6-5-11-18(22)19-12-7-14-21(25(19)30)26(31)17-9-3-2-4-10-17/h2-16H,1H3. The highest BCUT2D eigenvalue weighted by Crippen LogP contribution is 2.37. The van der Waals surface area contributed by atoms with Crippen molar-refractivity contribution >= 4 is 39.4 Å². The quantitative estimate of drug-likeness (QED) is 0.291. The molecule has 33 heavy (non-hydrogen) atoms. The van der Waals surface area contributed by atoms with Gasteiger partial charge >= 0.3 is 0 Å². The van der Waals surface area contributed by atoms with Gasteiger partial charge < -0.3 is 4.57 Å². The summed E-state index contributed by atoms with van der Waals surface area (Å²) in [4.78, 5) is 40.4. The Bertz CT molecular complexity index is 1630. The summed E-state index contributed by atoms with van der Waals surface area (Å²) < 4.78 is 1.95. The minimum atomic E-state index is -0.344. The van der Waals surface area contributed by atoms with Crippen LogP contribution in [0.15, 0.2) is 91.0 Å². The monoisotopic (exact) mass is 430 g/mol. The first-order valence-electron chi connectivity index (χ1n) is 10.7. The lowest BCUT2D eigenvalue weighted by Gasteiger charge is -2.13. The van der Waals surface area contributed by atoms with E-state index in [9.17, 15) is 14.4 Å². The van der Waals surface area contributed by atoms with Crippen LogP contribution >= 0.6 is 0 Å². The van der Waals surface area contributed by atoms with Gasteiger partial charge in [0, 0.05) is 28.9 Å². The molecule has 0 radical (unpaired) electrons. The summed E-state index contributed by atoms with van der Waals surface area (Å²) >= 11 is 0. The summed E-state index contributed by atoms with van der Waals surface area (Å²) in [5.41, 5.74) is 4.03. The SMILES string of the molecule is CN1C(=O)c2cccc(-n3c4ccccc4c4cccc(C(=O)c5ccccc5)c43)c2C1=O. The van der Waals surface area contributed by atoms with Crippen molar-refractivity contribution in [3.63, 3.8) is 0 Å². The first kappa shape index (κ1) is 19.2. The summed E-state index contributed by atoms with van der Waals surface area (Å²) in [7, 11) is 1.49. The molecule has 2 amide bonds. The molecule has 0 atom stereocenters. The Morgan fingerprint density at radius 3 is 2.21 bits per heavy atom. The number of nitrogens with zero attached hydrogens (tertiary/aromatic N) is 2. The summed E-state index contributed by atoms with van der Waals surface area (Å²) in [6.45, 7) is 0. The maximum atomic E-state index is 13.6. The average molecular weight is 430 g/mol. The minimum Gasteiger partial charge on any atom is -0.308 e. The maximum absolute atomic E-state index is 13.6. The predicted octanol–water partition coefficient (Wildman–Crippen LogP) is 5.24. The fourth-order valence-electron chi connectivity index (χ4n) is 4.77. The number of carbonyl (C=O) groups excluding carboxylic acids is 3. The first-order chi connectivity index (χ1) is 16.1. The number of hydrogen-bond acceptors (Lipinski definition) is 3. The Labute approximate surface area is 189 Å². The largest absolute Gasteiger partial charge is 0.308 e. The van der Waals surface area contributed by atoms with Gasteiger partial charge in [0.15, 0.2) is 5.78 Å². The minimum absolute atomic E-state index is 0.0997. The summed E-state index contributed by atoms with van der Waals surface area (Å²) in [5, 5.41) is 1.88. The molecular weight excluding hydrogens is 412 g/mol. The van der Waals surface area contributed by atoms with Crippen LogP contribution in [0.25, 0.3) is 27.5 Å². The van der Waals surface area contributed by atoms with Crippen molar-refractivity contribution in [1.29, 1.82) is 0 Å². The van der Waals surface area contributed by atoms with Crippen molar-refractivity contribution in [2.24, 2.45) is 0 Å². The second-order valence-electron chi connectivity index (χ2n) is 8.12. The number of para-hydroxylation sites is 2. The van der Waals surface area contributed by atoms with Crippen LogP contribution in [0.1, 0.15) is 36.6 Å². The second kappa shape index (κ2) is 7.00. The number of carbonyl (C=O) groups is 3. The molecule has 1 aliphatic heterocycles. The summed E-state index contributed by atoms with van der Waals surface area (Å²) in [6.07, 6.45) is 0. The third kappa shape index (κ3) is 2.62. The van der Waals surface area contributed by atoms with Crippen LogP contribution in [0.5, 0.6) is 0 Å². The van der Waals surface area contributed by atoms with Gasteiger partial charge in [0.2, 0.25) is 0 Å². The van der Waals surface area contributed by atoms with Gasteiger partial charge in [0.1, 0.15) is 0 Å². The molecule has 0 fully saturated rings. The Morgan fingerprint density at radius 2 is 1.39 bits per heavy atom. The van der Waals surface area contributed by atoms with Gasteiger partial charge in [-0.05, 0) is 24.3 Å². The highest BCUT2D eigenvalue weighted by molar-refractivity contribution is 6.25. The topological polar surface area (TPSA) is 59.4 Å². The molecule has 6 rings (SSSR count). The third-order valence-corrected chi connectivity index (χ3v) is 6.31. The van der Waals surface area contributed by atoms with Crippen LogP contribution < -0.4 is 0 Å². The van der Waals surface area contributed by atoms with E-state index in [1.165, 1.54) is 7.05 Å². The van der Waals surface area contributed by atoms with Crippen molar-refractivity contribution in [2.45, 2.75) is 0 Å². The van der Waals surface area contributed by atoms with Crippen LogP contribution in [-0.2, 0) is 0 Å². The van der Waals surface area contributed by atoms with E-state index in [4.69, 9.17) is 0 Å². The number of hydrogen-bond donors (Lipinski definition) is 0.